The van der Waals surface area contributed by atoms with Crippen molar-refractivity contribution in [1.29, 1.82) is 0 Å². The summed E-state index contributed by atoms with van der Waals surface area (Å²) >= 11 is 0. The van der Waals surface area contributed by atoms with E-state index in [-0.39, 0.29) is 23.1 Å². The summed E-state index contributed by atoms with van der Waals surface area (Å²) in [6, 6.07) is 9.12. The fourth-order valence-electron chi connectivity index (χ4n) is 5.72. The number of anilines is 2. The van der Waals surface area contributed by atoms with E-state index in [2.05, 4.69) is 37.7 Å². The van der Waals surface area contributed by atoms with Crippen molar-refractivity contribution in [3.05, 3.63) is 69.5 Å². The van der Waals surface area contributed by atoms with Crippen molar-refractivity contribution < 1.29 is 9.50 Å². The van der Waals surface area contributed by atoms with Crippen LogP contribution in [0.25, 0.3) is 16.9 Å². The monoisotopic (exact) mass is 499 g/mol. The van der Waals surface area contributed by atoms with Crippen LogP contribution in [0.4, 0.5) is 16.0 Å². The van der Waals surface area contributed by atoms with E-state index in [1.165, 1.54) is 51.7 Å². The molecular formula is C27H26FN7O2. The zero-order chi connectivity index (χ0) is 24.9. The summed E-state index contributed by atoms with van der Waals surface area (Å²) in [4.78, 5) is 26.9. The van der Waals surface area contributed by atoms with Crippen LogP contribution in [-0.2, 0) is 17.6 Å². The van der Waals surface area contributed by atoms with E-state index in [4.69, 9.17) is 0 Å². The normalized spacial score (nSPS) is 20.7. The van der Waals surface area contributed by atoms with Crippen molar-refractivity contribution >= 4 is 22.7 Å². The van der Waals surface area contributed by atoms with Crippen molar-refractivity contribution in [3.8, 4) is 5.82 Å². The van der Waals surface area contributed by atoms with Crippen LogP contribution in [0.15, 0.2) is 41.3 Å². The minimum absolute atomic E-state index is 0.0314. The summed E-state index contributed by atoms with van der Waals surface area (Å²) in [5.74, 6) is -0.295. The number of hydrogen-bond donors (Lipinski definition) is 3. The number of aliphatic hydroxyl groups is 1. The van der Waals surface area contributed by atoms with Crippen molar-refractivity contribution in [3.63, 3.8) is 0 Å². The molecule has 4 aromatic rings. The van der Waals surface area contributed by atoms with E-state index in [0.29, 0.717) is 35.3 Å². The fraction of sp³-hybridized carbons (Fsp3) is 0.407. The SMILES string of the molecule is O=c1c2cnc(Nc3ccc4c(c3)CNCC43CC3)nc2n(-c2nc(C3(O)CC3)ccc2F)n1C1CC1. The van der Waals surface area contributed by atoms with Crippen molar-refractivity contribution in [2.45, 2.75) is 62.1 Å². The number of nitrogens with zero attached hydrogens (tertiary/aromatic N) is 5. The van der Waals surface area contributed by atoms with E-state index < -0.39 is 11.4 Å². The predicted octanol–water partition coefficient (Wildman–Crippen LogP) is 3.31. The molecule has 3 aromatic heterocycles. The van der Waals surface area contributed by atoms with E-state index >= 15 is 4.39 Å². The van der Waals surface area contributed by atoms with Crippen LogP contribution in [0.5, 0.6) is 0 Å². The summed E-state index contributed by atoms with van der Waals surface area (Å²) in [5.41, 5.74) is 3.24. The maximum absolute atomic E-state index is 15.2. The minimum Gasteiger partial charge on any atom is -0.384 e. The quantitative estimate of drug-likeness (QED) is 0.387. The molecule has 3 aliphatic carbocycles. The van der Waals surface area contributed by atoms with Gasteiger partial charge in [-0.05, 0) is 73.9 Å². The van der Waals surface area contributed by atoms with Gasteiger partial charge in [-0.25, -0.2) is 23.7 Å². The van der Waals surface area contributed by atoms with Crippen LogP contribution in [0, 0.1) is 5.82 Å². The summed E-state index contributed by atoms with van der Waals surface area (Å²) in [6.07, 6.45) is 6.75. The molecule has 4 aliphatic rings. The average molecular weight is 500 g/mol. The fourth-order valence-corrected chi connectivity index (χ4v) is 5.72. The Morgan fingerprint density at radius 3 is 2.70 bits per heavy atom. The second kappa shape index (κ2) is 7.23. The van der Waals surface area contributed by atoms with Gasteiger partial charge in [0.25, 0.3) is 5.56 Å². The Bertz CT molecular complexity index is 1660. The molecule has 3 fully saturated rings. The number of hydrogen-bond acceptors (Lipinski definition) is 7. The lowest BCUT2D eigenvalue weighted by atomic mass is 9.88. The molecule has 0 radical (unpaired) electrons. The van der Waals surface area contributed by atoms with Gasteiger partial charge in [0.15, 0.2) is 17.3 Å². The van der Waals surface area contributed by atoms with Crippen LogP contribution in [0.2, 0.25) is 0 Å². The zero-order valence-corrected chi connectivity index (χ0v) is 20.2. The van der Waals surface area contributed by atoms with E-state index in [0.717, 1.165) is 31.6 Å². The van der Waals surface area contributed by atoms with Crippen LogP contribution in [0.1, 0.15) is 61.4 Å². The Labute approximate surface area is 211 Å². The molecule has 3 saturated carbocycles. The van der Waals surface area contributed by atoms with Crippen LogP contribution >= 0.6 is 0 Å². The van der Waals surface area contributed by atoms with Gasteiger partial charge in [-0.1, -0.05) is 6.07 Å². The molecule has 3 N–H and O–H groups in total. The lowest BCUT2D eigenvalue weighted by molar-refractivity contribution is 0.146. The molecule has 0 unspecified atom stereocenters. The Hall–Kier alpha value is -3.63. The highest BCUT2D eigenvalue weighted by Gasteiger charge is 2.47. The zero-order valence-electron chi connectivity index (χ0n) is 20.2. The predicted molar refractivity (Wildman–Crippen MR) is 135 cm³/mol. The molecule has 0 saturated heterocycles. The first-order chi connectivity index (χ1) is 17.9. The molecule has 0 bridgehead atoms. The Morgan fingerprint density at radius 1 is 1.11 bits per heavy atom. The number of aromatic nitrogens is 5. The number of rotatable bonds is 5. The number of benzene rings is 1. The molecule has 9 nitrogen and oxygen atoms in total. The molecule has 0 atom stereocenters. The first-order valence-electron chi connectivity index (χ1n) is 13.0. The molecule has 1 spiro atoms. The largest absolute Gasteiger partial charge is 0.384 e. The van der Waals surface area contributed by atoms with Gasteiger partial charge < -0.3 is 15.7 Å². The van der Waals surface area contributed by atoms with Crippen LogP contribution in [0.3, 0.4) is 0 Å². The molecule has 10 heteroatoms. The third-order valence-electron chi connectivity index (χ3n) is 8.31. The topological polar surface area (TPSA) is 110 Å². The molecule has 4 heterocycles. The van der Waals surface area contributed by atoms with Crippen molar-refractivity contribution in [2.75, 3.05) is 11.9 Å². The Balaban J connectivity index is 1.24. The molecule has 188 valence electrons. The Kier molecular flexibility index (Phi) is 4.19. The molecule has 37 heavy (non-hydrogen) atoms. The second-order valence-corrected chi connectivity index (χ2v) is 11.0. The molecule has 1 aromatic carbocycles. The lowest BCUT2D eigenvalue weighted by Crippen LogP contribution is -2.33. The van der Waals surface area contributed by atoms with Gasteiger partial charge in [-0.15, -0.1) is 0 Å². The highest BCUT2D eigenvalue weighted by molar-refractivity contribution is 5.77. The van der Waals surface area contributed by atoms with Gasteiger partial charge in [0.05, 0.1) is 11.7 Å². The van der Waals surface area contributed by atoms with Crippen molar-refractivity contribution in [1.82, 2.24) is 29.6 Å². The maximum Gasteiger partial charge on any atom is 0.278 e. The smallest absolute Gasteiger partial charge is 0.278 e. The lowest BCUT2D eigenvalue weighted by Gasteiger charge is -2.26. The Morgan fingerprint density at radius 2 is 1.95 bits per heavy atom. The van der Waals surface area contributed by atoms with Crippen LogP contribution in [-0.4, -0.2) is 36.0 Å². The van der Waals surface area contributed by atoms with Crippen molar-refractivity contribution in [2.24, 2.45) is 0 Å². The van der Waals surface area contributed by atoms with Gasteiger partial charge in [0.2, 0.25) is 5.95 Å². The first-order valence-corrected chi connectivity index (χ1v) is 13.0. The number of pyridine rings is 1. The third kappa shape index (κ3) is 3.28. The molecule has 1 aliphatic heterocycles. The molecule has 8 rings (SSSR count). The highest BCUT2D eigenvalue weighted by Crippen LogP contribution is 2.51. The number of nitrogens with one attached hydrogen (secondary N) is 2. The van der Waals surface area contributed by atoms with Gasteiger partial charge in [0.1, 0.15) is 11.0 Å². The maximum atomic E-state index is 15.2. The third-order valence-corrected chi connectivity index (χ3v) is 8.31. The summed E-state index contributed by atoms with van der Waals surface area (Å²) in [7, 11) is 0. The van der Waals surface area contributed by atoms with Gasteiger partial charge in [-0.3, -0.25) is 4.79 Å². The molecule has 0 amide bonds. The minimum atomic E-state index is -1.03. The van der Waals surface area contributed by atoms with Crippen LogP contribution < -0.4 is 16.2 Å². The summed E-state index contributed by atoms with van der Waals surface area (Å²) in [5, 5.41) is 17.7. The van der Waals surface area contributed by atoms with Gasteiger partial charge in [0, 0.05) is 30.4 Å². The van der Waals surface area contributed by atoms with E-state index in [1.807, 2.05) is 6.07 Å². The van der Waals surface area contributed by atoms with E-state index in [9.17, 15) is 9.90 Å². The van der Waals surface area contributed by atoms with Gasteiger partial charge in [-0.2, -0.15) is 4.98 Å². The van der Waals surface area contributed by atoms with Gasteiger partial charge >= 0.3 is 0 Å². The number of fused-ring (bicyclic) bond motifs is 3. The first kappa shape index (κ1) is 21.5. The molecular weight excluding hydrogens is 473 g/mol. The summed E-state index contributed by atoms with van der Waals surface area (Å²) < 4.78 is 18.2. The van der Waals surface area contributed by atoms with E-state index in [1.54, 1.807) is 0 Å². The average Bonchev–Trinajstić information content (AvgIpc) is 3.79. The highest BCUT2D eigenvalue weighted by atomic mass is 19.1. The number of halogens is 1. The summed E-state index contributed by atoms with van der Waals surface area (Å²) in [6.45, 7) is 1.86. The second-order valence-electron chi connectivity index (χ2n) is 11.0. The standard InChI is InChI=1S/C27H26FN7O2/c28-20-5-6-21(27(37)9-10-27)32-23(20)35-22-18(24(36)34(35)17-2-3-17)13-30-25(33-22)31-16-1-4-19-15(11-16)12-29-14-26(19)7-8-26/h1,4-6,11,13,17,29,37H,2-3,7-10,12,14H2,(H,30,31,33).